The Hall–Kier alpha value is -2.40. The molecular formula is C18H13BrN2O2. The van der Waals surface area contributed by atoms with Crippen LogP contribution in [0, 0.1) is 10.1 Å². The van der Waals surface area contributed by atoms with Gasteiger partial charge in [0, 0.05) is 33.9 Å². The van der Waals surface area contributed by atoms with E-state index in [0.29, 0.717) is 5.92 Å². The lowest BCUT2D eigenvalue weighted by Crippen LogP contribution is -2.14. The van der Waals surface area contributed by atoms with Crippen molar-refractivity contribution in [3.05, 3.63) is 85.9 Å². The zero-order valence-electron chi connectivity index (χ0n) is 12.1. The minimum absolute atomic E-state index is 0.109. The monoisotopic (exact) mass is 368 g/mol. The molecule has 4 nitrogen and oxygen atoms in total. The molecule has 0 aromatic heterocycles. The van der Waals surface area contributed by atoms with Gasteiger partial charge in [-0.2, -0.15) is 0 Å². The molecule has 4 rings (SSSR count). The number of fused-ring (bicyclic) bond motifs is 3. The highest BCUT2D eigenvalue weighted by Gasteiger charge is 2.29. The number of anilines is 1. The fourth-order valence-electron chi connectivity index (χ4n) is 3.26. The molecular weight excluding hydrogens is 356 g/mol. The van der Waals surface area contributed by atoms with Gasteiger partial charge in [-0.15, -0.1) is 0 Å². The lowest BCUT2D eigenvalue weighted by molar-refractivity contribution is -0.384. The summed E-state index contributed by atoms with van der Waals surface area (Å²) in [6.45, 7) is 0. The zero-order valence-corrected chi connectivity index (χ0v) is 13.7. The second kappa shape index (κ2) is 5.35. The van der Waals surface area contributed by atoms with Crippen LogP contribution in [0.5, 0.6) is 0 Å². The molecule has 1 aliphatic heterocycles. The van der Waals surface area contributed by atoms with E-state index < -0.39 is 0 Å². The summed E-state index contributed by atoms with van der Waals surface area (Å²) in [7, 11) is 0. The van der Waals surface area contributed by atoms with Crippen LogP contribution in [0.25, 0.3) is 5.70 Å². The molecule has 1 N–H and O–H groups in total. The van der Waals surface area contributed by atoms with Crippen LogP contribution in [0.1, 0.15) is 23.5 Å². The fraction of sp³-hybridized carbons (Fsp3) is 0.111. The molecule has 0 bridgehead atoms. The minimum Gasteiger partial charge on any atom is -0.355 e. The summed E-state index contributed by atoms with van der Waals surface area (Å²) in [4.78, 5) is 10.5. The number of nitrogens with zero attached hydrogens (tertiary/aromatic N) is 1. The highest BCUT2D eigenvalue weighted by atomic mass is 79.9. The van der Waals surface area contributed by atoms with E-state index in [1.54, 1.807) is 24.3 Å². The molecule has 2 aliphatic rings. The van der Waals surface area contributed by atoms with E-state index in [9.17, 15) is 10.1 Å². The quantitative estimate of drug-likeness (QED) is 0.582. The van der Waals surface area contributed by atoms with Gasteiger partial charge < -0.3 is 5.32 Å². The summed E-state index contributed by atoms with van der Waals surface area (Å²) < 4.78 is 1.07. The number of nitro groups is 1. The highest BCUT2D eigenvalue weighted by molar-refractivity contribution is 9.10. The summed E-state index contributed by atoms with van der Waals surface area (Å²) >= 11 is 3.54. The number of halogens is 1. The van der Waals surface area contributed by atoms with Crippen LogP contribution in [-0.4, -0.2) is 4.92 Å². The number of benzene rings is 2. The van der Waals surface area contributed by atoms with E-state index >= 15 is 0 Å². The summed E-state index contributed by atoms with van der Waals surface area (Å²) in [5.74, 6) is 0.342. The predicted octanol–water partition coefficient (Wildman–Crippen LogP) is 5.24. The number of allylic oxidation sites excluding steroid dienone is 3. The minimum atomic E-state index is -0.374. The number of nitrogens with one attached hydrogen (secondary N) is 1. The normalized spacial score (nSPS) is 18.4. The number of non-ortho nitro benzene ring substituents is 1. The van der Waals surface area contributed by atoms with Gasteiger partial charge in [0.15, 0.2) is 0 Å². The maximum absolute atomic E-state index is 10.8. The second-order valence-corrected chi connectivity index (χ2v) is 6.60. The van der Waals surface area contributed by atoms with Crippen LogP contribution >= 0.6 is 15.9 Å². The molecule has 1 atom stereocenters. The summed E-state index contributed by atoms with van der Waals surface area (Å²) in [6, 6.07) is 13.0. The van der Waals surface area contributed by atoms with E-state index in [2.05, 4.69) is 45.5 Å². The highest BCUT2D eigenvalue weighted by Crippen LogP contribution is 2.46. The van der Waals surface area contributed by atoms with Crippen molar-refractivity contribution in [2.45, 2.75) is 12.3 Å². The van der Waals surface area contributed by atoms with Crippen LogP contribution in [0.3, 0.4) is 0 Å². The van der Waals surface area contributed by atoms with E-state index in [0.717, 1.165) is 27.8 Å². The van der Waals surface area contributed by atoms with Crippen molar-refractivity contribution in [3.63, 3.8) is 0 Å². The number of nitro benzene ring substituents is 1. The van der Waals surface area contributed by atoms with Gasteiger partial charge in [-0.25, -0.2) is 0 Å². The first-order valence-electron chi connectivity index (χ1n) is 7.35. The molecule has 23 heavy (non-hydrogen) atoms. The lowest BCUT2D eigenvalue weighted by Gasteiger charge is -2.28. The van der Waals surface area contributed by atoms with Gasteiger partial charge >= 0.3 is 0 Å². The summed E-state index contributed by atoms with van der Waals surface area (Å²) in [5, 5.41) is 14.3. The third-order valence-corrected chi connectivity index (χ3v) is 4.84. The van der Waals surface area contributed by atoms with Crippen molar-refractivity contribution in [2.75, 3.05) is 5.32 Å². The Morgan fingerprint density at radius 3 is 2.70 bits per heavy atom. The molecule has 0 amide bonds. The Morgan fingerprint density at radius 1 is 1.17 bits per heavy atom. The van der Waals surface area contributed by atoms with Crippen molar-refractivity contribution < 1.29 is 4.92 Å². The Morgan fingerprint density at radius 2 is 1.96 bits per heavy atom. The molecule has 114 valence electrons. The second-order valence-electron chi connectivity index (χ2n) is 5.68. The van der Waals surface area contributed by atoms with Crippen molar-refractivity contribution in [1.29, 1.82) is 0 Å². The first-order chi connectivity index (χ1) is 11.1. The maximum atomic E-state index is 10.8. The van der Waals surface area contributed by atoms with Gasteiger partial charge in [0.05, 0.1) is 4.92 Å². The summed E-state index contributed by atoms with van der Waals surface area (Å²) in [5.41, 5.74) is 5.73. The molecule has 0 saturated heterocycles. The Balaban J connectivity index is 1.81. The standard InChI is InChI=1S/C18H13BrN2O2/c19-12-6-9-17-16(10-12)14-2-1-3-15(14)18(20-17)11-4-7-13(8-5-11)21(22)23/h1,3-10,14,20H,2H2. The van der Waals surface area contributed by atoms with E-state index in [-0.39, 0.29) is 10.6 Å². The van der Waals surface area contributed by atoms with Crippen molar-refractivity contribution in [2.24, 2.45) is 0 Å². The first kappa shape index (κ1) is 14.2. The van der Waals surface area contributed by atoms with Crippen LogP contribution in [0.15, 0.2) is 64.7 Å². The zero-order chi connectivity index (χ0) is 16.0. The third kappa shape index (κ3) is 2.37. The molecule has 5 heteroatoms. The third-order valence-electron chi connectivity index (χ3n) is 4.35. The van der Waals surface area contributed by atoms with E-state index in [1.807, 2.05) is 6.07 Å². The fourth-order valence-corrected chi connectivity index (χ4v) is 3.64. The molecule has 0 saturated carbocycles. The van der Waals surface area contributed by atoms with Crippen molar-refractivity contribution in [1.82, 2.24) is 0 Å². The van der Waals surface area contributed by atoms with Crippen LogP contribution in [0.2, 0.25) is 0 Å². The molecule has 0 fully saturated rings. The van der Waals surface area contributed by atoms with Gasteiger partial charge in [0.2, 0.25) is 0 Å². The van der Waals surface area contributed by atoms with Gasteiger partial charge in [-0.3, -0.25) is 10.1 Å². The van der Waals surface area contributed by atoms with E-state index in [4.69, 9.17) is 0 Å². The number of hydrogen-bond donors (Lipinski definition) is 1. The predicted molar refractivity (Wildman–Crippen MR) is 94.3 cm³/mol. The van der Waals surface area contributed by atoms with Gasteiger partial charge in [0.25, 0.3) is 5.69 Å². The van der Waals surface area contributed by atoms with E-state index in [1.165, 1.54) is 11.1 Å². The number of rotatable bonds is 2. The van der Waals surface area contributed by atoms with Crippen molar-refractivity contribution >= 4 is 33.0 Å². The van der Waals surface area contributed by atoms with Crippen molar-refractivity contribution in [3.8, 4) is 0 Å². The van der Waals surface area contributed by atoms with Gasteiger partial charge in [-0.05, 0) is 53.5 Å². The lowest BCUT2D eigenvalue weighted by atomic mass is 9.86. The SMILES string of the molecule is O=[N+]([O-])c1ccc(C2=C3C=CCC3c3cc(Br)ccc3N2)cc1. The van der Waals surface area contributed by atoms with Crippen LogP contribution < -0.4 is 5.32 Å². The largest absolute Gasteiger partial charge is 0.355 e. The Labute approximate surface area is 141 Å². The Bertz CT molecular complexity index is 869. The molecule has 2 aromatic rings. The van der Waals surface area contributed by atoms with Gasteiger partial charge in [0.1, 0.15) is 0 Å². The maximum Gasteiger partial charge on any atom is 0.269 e. The molecule has 1 heterocycles. The summed E-state index contributed by atoms with van der Waals surface area (Å²) in [6.07, 6.45) is 5.32. The first-order valence-corrected chi connectivity index (χ1v) is 8.15. The topological polar surface area (TPSA) is 55.2 Å². The molecule has 0 radical (unpaired) electrons. The van der Waals surface area contributed by atoms with Crippen LogP contribution in [-0.2, 0) is 0 Å². The average molecular weight is 369 g/mol. The Kier molecular flexibility index (Phi) is 3.31. The molecule has 2 aromatic carbocycles. The van der Waals surface area contributed by atoms with Gasteiger partial charge in [-0.1, -0.05) is 28.1 Å². The molecule has 0 spiro atoms. The van der Waals surface area contributed by atoms with Crippen LogP contribution in [0.4, 0.5) is 11.4 Å². The number of hydrogen-bond acceptors (Lipinski definition) is 3. The molecule has 1 unspecified atom stereocenters. The average Bonchev–Trinajstić information content (AvgIpc) is 3.04. The smallest absolute Gasteiger partial charge is 0.269 e. The molecule has 1 aliphatic carbocycles.